The Morgan fingerprint density at radius 3 is 2.77 bits per heavy atom. The van der Waals surface area contributed by atoms with Crippen LogP contribution in [0.4, 0.5) is 0 Å². The Hall–Kier alpha value is -1.37. The van der Waals surface area contributed by atoms with E-state index in [-0.39, 0.29) is 6.04 Å². The lowest BCUT2D eigenvalue weighted by Crippen LogP contribution is -2.40. The van der Waals surface area contributed by atoms with Gasteiger partial charge in [0.15, 0.2) is 0 Å². The molecule has 1 atom stereocenters. The molecule has 120 valence electrons. The highest BCUT2D eigenvalue weighted by Crippen LogP contribution is 2.34. The smallest absolute Gasteiger partial charge is 0.245 e. The van der Waals surface area contributed by atoms with Crippen molar-refractivity contribution in [1.29, 1.82) is 0 Å². The van der Waals surface area contributed by atoms with E-state index in [0.29, 0.717) is 18.0 Å². The van der Waals surface area contributed by atoms with E-state index >= 15 is 0 Å². The van der Waals surface area contributed by atoms with Gasteiger partial charge in [-0.2, -0.15) is 4.31 Å². The summed E-state index contributed by atoms with van der Waals surface area (Å²) in [5.74, 6) is 0. The molecule has 1 aromatic heterocycles. The van der Waals surface area contributed by atoms with Crippen molar-refractivity contribution in [3.8, 4) is 0 Å². The molecule has 1 aliphatic heterocycles. The monoisotopic (exact) mass is 321 g/mol. The second-order valence-electron chi connectivity index (χ2n) is 5.96. The standard InChI is InChI=1S/C16H23N3O2S/c1-12-16(14-8-4-5-9-15(14)18(12)3)22(20,21)19-10-6-7-13(19)11-17-2/h4-5,8-9,13,17H,6-7,10-11H2,1-3H3. The van der Waals surface area contributed by atoms with Crippen LogP contribution in [0.3, 0.4) is 0 Å². The van der Waals surface area contributed by atoms with Gasteiger partial charge >= 0.3 is 0 Å². The Labute approximate surface area is 132 Å². The van der Waals surface area contributed by atoms with Gasteiger partial charge in [0, 0.05) is 42.8 Å². The van der Waals surface area contributed by atoms with E-state index in [2.05, 4.69) is 5.32 Å². The number of likely N-dealkylation sites (N-methyl/N-ethyl adjacent to an activating group) is 1. The van der Waals surface area contributed by atoms with Crippen molar-refractivity contribution in [2.75, 3.05) is 20.1 Å². The SMILES string of the molecule is CNCC1CCCN1S(=O)(=O)c1c(C)n(C)c2ccccc12. The molecule has 0 aliphatic carbocycles. The lowest BCUT2D eigenvalue weighted by molar-refractivity contribution is 0.379. The average molecular weight is 321 g/mol. The summed E-state index contributed by atoms with van der Waals surface area (Å²) in [5, 5.41) is 3.93. The van der Waals surface area contributed by atoms with Gasteiger partial charge in [-0.3, -0.25) is 0 Å². The molecule has 0 saturated carbocycles. The van der Waals surface area contributed by atoms with E-state index in [1.807, 2.05) is 49.9 Å². The summed E-state index contributed by atoms with van der Waals surface area (Å²) < 4.78 is 30.1. The molecular formula is C16H23N3O2S. The molecule has 1 unspecified atom stereocenters. The van der Waals surface area contributed by atoms with Gasteiger partial charge in [-0.05, 0) is 32.9 Å². The van der Waals surface area contributed by atoms with Crippen molar-refractivity contribution in [1.82, 2.24) is 14.2 Å². The number of hydrogen-bond donors (Lipinski definition) is 1. The van der Waals surface area contributed by atoms with E-state index in [1.54, 1.807) is 4.31 Å². The van der Waals surface area contributed by atoms with Crippen LogP contribution in [-0.2, 0) is 17.1 Å². The molecule has 0 radical (unpaired) electrons. The van der Waals surface area contributed by atoms with Crippen LogP contribution in [0.2, 0.25) is 0 Å². The zero-order chi connectivity index (χ0) is 15.9. The topological polar surface area (TPSA) is 54.3 Å². The molecule has 2 heterocycles. The van der Waals surface area contributed by atoms with Crippen molar-refractivity contribution in [2.24, 2.45) is 7.05 Å². The van der Waals surface area contributed by atoms with Gasteiger partial charge in [0.1, 0.15) is 4.90 Å². The fourth-order valence-corrected chi connectivity index (χ4v) is 5.63. The Bertz CT molecular complexity index is 795. The Morgan fingerprint density at radius 2 is 2.05 bits per heavy atom. The number of rotatable bonds is 4. The molecule has 1 fully saturated rings. The van der Waals surface area contributed by atoms with Gasteiger partial charge in [-0.1, -0.05) is 18.2 Å². The minimum absolute atomic E-state index is 0.0494. The fraction of sp³-hybridized carbons (Fsp3) is 0.500. The molecular weight excluding hydrogens is 298 g/mol. The van der Waals surface area contributed by atoms with Gasteiger partial charge < -0.3 is 9.88 Å². The lowest BCUT2D eigenvalue weighted by Gasteiger charge is -2.24. The summed E-state index contributed by atoms with van der Waals surface area (Å²) >= 11 is 0. The van der Waals surface area contributed by atoms with Gasteiger partial charge in [0.05, 0.1) is 0 Å². The highest BCUT2D eigenvalue weighted by atomic mass is 32.2. The molecule has 22 heavy (non-hydrogen) atoms. The summed E-state index contributed by atoms with van der Waals surface area (Å²) in [6.45, 7) is 3.19. The van der Waals surface area contributed by atoms with E-state index in [9.17, 15) is 8.42 Å². The molecule has 0 amide bonds. The van der Waals surface area contributed by atoms with Crippen molar-refractivity contribution < 1.29 is 8.42 Å². The molecule has 3 rings (SSSR count). The van der Waals surface area contributed by atoms with Crippen molar-refractivity contribution in [3.63, 3.8) is 0 Å². The predicted octanol–water partition coefficient (Wildman–Crippen LogP) is 1.86. The number of nitrogens with one attached hydrogen (secondary N) is 1. The van der Waals surface area contributed by atoms with Crippen molar-refractivity contribution >= 4 is 20.9 Å². The summed E-state index contributed by atoms with van der Waals surface area (Å²) in [6, 6.07) is 7.76. The van der Waals surface area contributed by atoms with Crippen LogP contribution in [0.1, 0.15) is 18.5 Å². The van der Waals surface area contributed by atoms with Crippen LogP contribution in [0, 0.1) is 6.92 Å². The Morgan fingerprint density at radius 1 is 1.32 bits per heavy atom. The number of sulfonamides is 1. The molecule has 6 heteroatoms. The molecule has 1 saturated heterocycles. The third kappa shape index (κ3) is 2.26. The molecule has 1 aliphatic rings. The minimum Gasteiger partial charge on any atom is -0.347 e. The average Bonchev–Trinajstić information content (AvgIpc) is 3.05. The number of aryl methyl sites for hydroxylation is 1. The normalized spacial score (nSPS) is 20.0. The first-order valence-electron chi connectivity index (χ1n) is 7.69. The second kappa shape index (κ2) is 5.68. The first-order chi connectivity index (χ1) is 10.5. The number of para-hydroxylation sites is 1. The third-order valence-corrected chi connectivity index (χ3v) is 6.80. The summed E-state index contributed by atoms with van der Waals surface area (Å²) in [7, 11) is 0.316. The molecule has 2 aromatic rings. The number of hydrogen-bond acceptors (Lipinski definition) is 3. The van der Waals surface area contributed by atoms with Gasteiger partial charge in [0.25, 0.3) is 0 Å². The van der Waals surface area contributed by atoms with Crippen LogP contribution in [0.5, 0.6) is 0 Å². The summed E-state index contributed by atoms with van der Waals surface area (Å²) in [4.78, 5) is 0.466. The number of benzene rings is 1. The molecule has 1 aromatic carbocycles. The van der Waals surface area contributed by atoms with E-state index in [4.69, 9.17) is 0 Å². The second-order valence-corrected chi connectivity index (χ2v) is 7.79. The van der Waals surface area contributed by atoms with Crippen LogP contribution >= 0.6 is 0 Å². The quantitative estimate of drug-likeness (QED) is 0.935. The van der Waals surface area contributed by atoms with E-state index in [0.717, 1.165) is 29.4 Å². The number of fused-ring (bicyclic) bond motifs is 1. The summed E-state index contributed by atoms with van der Waals surface area (Å²) in [5.41, 5.74) is 1.76. The molecule has 5 nitrogen and oxygen atoms in total. The largest absolute Gasteiger partial charge is 0.347 e. The zero-order valence-electron chi connectivity index (χ0n) is 13.3. The summed E-state index contributed by atoms with van der Waals surface area (Å²) in [6.07, 6.45) is 1.85. The highest BCUT2D eigenvalue weighted by molar-refractivity contribution is 7.89. The highest BCUT2D eigenvalue weighted by Gasteiger charge is 2.37. The fourth-order valence-electron chi connectivity index (χ4n) is 3.49. The number of aromatic nitrogens is 1. The predicted molar refractivity (Wildman–Crippen MR) is 88.5 cm³/mol. The number of nitrogens with zero attached hydrogens (tertiary/aromatic N) is 2. The van der Waals surface area contributed by atoms with Gasteiger partial charge in [-0.15, -0.1) is 0 Å². The maximum atomic E-state index is 13.3. The van der Waals surface area contributed by atoms with Gasteiger partial charge in [-0.25, -0.2) is 8.42 Å². The molecule has 0 bridgehead atoms. The Balaban J connectivity index is 2.16. The maximum absolute atomic E-state index is 13.3. The molecule has 1 N–H and O–H groups in total. The van der Waals surface area contributed by atoms with E-state index < -0.39 is 10.0 Å². The zero-order valence-corrected chi connectivity index (χ0v) is 14.2. The first kappa shape index (κ1) is 15.5. The molecule has 0 spiro atoms. The van der Waals surface area contributed by atoms with Crippen LogP contribution in [0.15, 0.2) is 29.2 Å². The maximum Gasteiger partial charge on any atom is 0.245 e. The van der Waals surface area contributed by atoms with Gasteiger partial charge in [0.2, 0.25) is 10.0 Å². The minimum atomic E-state index is -3.47. The third-order valence-electron chi connectivity index (χ3n) is 4.67. The first-order valence-corrected chi connectivity index (χ1v) is 9.13. The Kier molecular flexibility index (Phi) is 4.01. The van der Waals surface area contributed by atoms with Crippen LogP contribution in [0.25, 0.3) is 10.9 Å². The van der Waals surface area contributed by atoms with Crippen LogP contribution < -0.4 is 5.32 Å². The lowest BCUT2D eigenvalue weighted by atomic mass is 10.2. The van der Waals surface area contributed by atoms with E-state index in [1.165, 1.54) is 0 Å². The van der Waals surface area contributed by atoms with Crippen molar-refractivity contribution in [3.05, 3.63) is 30.0 Å². The van der Waals surface area contributed by atoms with Crippen molar-refractivity contribution in [2.45, 2.75) is 30.7 Å². The van der Waals surface area contributed by atoms with Crippen LogP contribution in [-0.4, -0.2) is 43.5 Å².